The van der Waals surface area contributed by atoms with Crippen LogP contribution in [0, 0.1) is 6.92 Å². The number of nitrogens with one attached hydrogen (secondary N) is 1. The standard InChI is InChI=1S/C14H16N2O5S/c1-10-16-11(9-21-10)4-5-15-22(17,18)12-2-3-13-14(8-12)20-7-6-19-13/h2-3,8-9,15H,4-7H2,1H3. The minimum atomic E-state index is -3.60. The molecule has 3 rings (SSSR count). The Bertz CT molecular complexity index is 769. The number of ether oxygens (including phenoxy) is 2. The number of hydrogen-bond donors (Lipinski definition) is 1. The van der Waals surface area contributed by atoms with Crippen molar-refractivity contribution in [3.8, 4) is 11.5 Å². The molecule has 1 aromatic carbocycles. The van der Waals surface area contributed by atoms with E-state index in [9.17, 15) is 8.42 Å². The zero-order valence-electron chi connectivity index (χ0n) is 12.0. The lowest BCUT2D eigenvalue weighted by Crippen LogP contribution is -2.26. The minimum Gasteiger partial charge on any atom is -0.486 e. The number of aromatic nitrogens is 1. The maximum Gasteiger partial charge on any atom is 0.240 e. The minimum absolute atomic E-state index is 0.146. The lowest BCUT2D eigenvalue weighted by Gasteiger charge is -2.18. The fourth-order valence-electron chi connectivity index (χ4n) is 2.11. The summed E-state index contributed by atoms with van der Waals surface area (Å²) in [6.45, 7) is 2.86. The summed E-state index contributed by atoms with van der Waals surface area (Å²) in [7, 11) is -3.60. The van der Waals surface area contributed by atoms with Crippen LogP contribution in [0.4, 0.5) is 0 Å². The Kier molecular flexibility index (Phi) is 4.04. The van der Waals surface area contributed by atoms with E-state index >= 15 is 0 Å². The first kappa shape index (κ1) is 14.9. The van der Waals surface area contributed by atoms with Gasteiger partial charge in [0.2, 0.25) is 10.0 Å². The van der Waals surface area contributed by atoms with E-state index < -0.39 is 10.0 Å². The van der Waals surface area contributed by atoms with Crippen LogP contribution >= 0.6 is 0 Å². The molecule has 8 heteroatoms. The van der Waals surface area contributed by atoms with Crippen LogP contribution in [-0.2, 0) is 16.4 Å². The number of oxazole rings is 1. The first-order valence-corrected chi connectivity index (χ1v) is 8.33. The third-order valence-corrected chi connectivity index (χ3v) is 4.62. The summed E-state index contributed by atoms with van der Waals surface area (Å²) in [5, 5.41) is 0. The lowest BCUT2D eigenvalue weighted by molar-refractivity contribution is 0.171. The topological polar surface area (TPSA) is 90.7 Å². The van der Waals surface area contributed by atoms with Crippen molar-refractivity contribution in [3.05, 3.63) is 36.0 Å². The fourth-order valence-corrected chi connectivity index (χ4v) is 3.16. The van der Waals surface area contributed by atoms with Crippen LogP contribution in [0.25, 0.3) is 0 Å². The second-order valence-electron chi connectivity index (χ2n) is 4.81. The van der Waals surface area contributed by atoms with Gasteiger partial charge in [0.25, 0.3) is 0 Å². The van der Waals surface area contributed by atoms with Crippen molar-refractivity contribution in [2.75, 3.05) is 19.8 Å². The van der Waals surface area contributed by atoms with Gasteiger partial charge in [-0.1, -0.05) is 0 Å². The van der Waals surface area contributed by atoms with Gasteiger partial charge in [0.15, 0.2) is 17.4 Å². The molecule has 1 aliphatic heterocycles. The van der Waals surface area contributed by atoms with E-state index in [1.54, 1.807) is 13.0 Å². The van der Waals surface area contributed by atoms with Crippen molar-refractivity contribution in [1.29, 1.82) is 0 Å². The Morgan fingerprint density at radius 2 is 2.00 bits per heavy atom. The molecule has 0 spiro atoms. The number of sulfonamides is 1. The summed E-state index contributed by atoms with van der Waals surface area (Å²) < 4.78 is 42.9. The molecule has 1 N–H and O–H groups in total. The van der Waals surface area contributed by atoms with Crippen LogP contribution < -0.4 is 14.2 Å². The number of rotatable bonds is 5. The molecule has 2 heterocycles. The highest BCUT2D eigenvalue weighted by Crippen LogP contribution is 2.32. The van der Waals surface area contributed by atoms with Crippen LogP contribution in [-0.4, -0.2) is 33.2 Å². The molecule has 0 atom stereocenters. The molecule has 7 nitrogen and oxygen atoms in total. The molecule has 0 saturated carbocycles. The van der Waals surface area contributed by atoms with Crippen LogP contribution in [0.1, 0.15) is 11.6 Å². The Morgan fingerprint density at radius 1 is 1.23 bits per heavy atom. The van der Waals surface area contributed by atoms with E-state index in [2.05, 4.69) is 9.71 Å². The van der Waals surface area contributed by atoms with E-state index in [1.165, 1.54) is 18.4 Å². The summed E-state index contributed by atoms with van der Waals surface area (Å²) in [5.74, 6) is 1.56. The average molecular weight is 324 g/mol. The maximum absolute atomic E-state index is 12.3. The molecular formula is C14H16N2O5S. The van der Waals surface area contributed by atoms with Gasteiger partial charge in [0.05, 0.1) is 10.6 Å². The Hall–Kier alpha value is -2.06. The quantitative estimate of drug-likeness (QED) is 0.891. The number of benzene rings is 1. The van der Waals surface area contributed by atoms with E-state index in [4.69, 9.17) is 13.9 Å². The number of aryl methyl sites for hydroxylation is 1. The number of nitrogens with zero attached hydrogens (tertiary/aromatic N) is 1. The smallest absolute Gasteiger partial charge is 0.240 e. The fraction of sp³-hybridized carbons (Fsp3) is 0.357. The highest BCUT2D eigenvalue weighted by Gasteiger charge is 2.19. The van der Waals surface area contributed by atoms with Crippen LogP contribution in [0.3, 0.4) is 0 Å². The van der Waals surface area contributed by atoms with E-state index in [0.717, 1.165) is 0 Å². The van der Waals surface area contributed by atoms with Gasteiger partial charge in [-0.3, -0.25) is 0 Å². The molecule has 22 heavy (non-hydrogen) atoms. The molecule has 0 aliphatic carbocycles. The van der Waals surface area contributed by atoms with Gasteiger partial charge in [0.1, 0.15) is 19.5 Å². The van der Waals surface area contributed by atoms with Gasteiger partial charge in [0, 0.05) is 26.0 Å². The molecule has 0 unspecified atom stereocenters. The molecule has 0 bridgehead atoms. The molecule has 1 aliphatic rings. The van der Waals surface area contributed by atoms with Crippen molar-refractivity contribution in [2.45, 2.75) is 18.2 Å². The van der Waals surface area contributed by atoms with Crippen LogP contribution in [0.2, 0.25) is 0 Å². The highest BCUT2D eigenvalue weighted by molar-refractivity contribution is 7.89. The summed E-state index contributed by atoms with van der Waals surface area (Å²) >= 11 is 0. The predicted octanol–water partition coefficient (Wildman–Crippen LogP) is 1.28. The van der Waals surface area contributed by atoms with Gasteiger partial charge >= 0.3 is 0 Å². The average Bonchev–Trinajstić information content (AvgIpc) is 2.92. The Balaban J connectivity index is 1.67. The summed E-state index contributed by atoms with van der Waals surface area (Å²) in [4.78, 5) is 4.27. The van der Waals surface area contributed by atoms with Crippen LogP contribution in [0.5, 0.6) is 11.5 Å². The van der Waals surface area contributed by atoms with Gasteiger partial charge in [-0.05, 0) is 12.1 Å². The summed E-state index contributed by atoms with van der Waals surface area (Å²) in [5.41, 5.74) is 0.711. The SMILES string of the molecule is Cc1nc(CCNS(=O)(=O)c2ccc3c(c2)OCCO3)co1. The molecule has 118 valence electrons. The van der Waals surface area contributed by atoms with Crippen molar-refractivity contribution in [1.82, 2.24) is 9.71 Å². The summed E-state index contributed by atoms with van der Waals surface area (Å²) in [6, 6.07) is 4.57. The summed E-state index contributed by atoms with van der Waals surface area (Å²) in [6.07, 6.45) is 1.98. The van der Waals surface area contributed by atoms with Crippen molar-refractivity contribution >= 4 is 10.0 Å². The first-order valence-electron chi connectivity index (χ1n) is 6.85. The molecule has 0 radical (unpaired) electrons. The van der Waals surface area contributed by atoms with Crippen molar-refractivity contribution in [2.24, 2.45) is 0 Å². The molecular weight excluding hydrogens is 308 g/mol. The zero-order chi connectivity index (χ0) is 15.6. The first-order chi connectivity index (χ1) is 10.5. The highest BCUT2D eigenvalue weighted by atomic mass is 32.2. The van der Waals surface area contributed by atoms with Crippen LogP contribution in [0.15, 0.2) is 33.8 Å². The van der Waals surface area contributed by atoms with Gasteiger partial charge in [-0.2, -0.15) is 0 Å². The normalized spacial score (nSPS) is 14.0. The zero-order valence-corrected chi connectivity index (χ0v) is 12.9. The Morgan fingerprint density at radius 3 is 2.73 bits per heavy atom. The van der Waals surface area contributed by atoms with E-state index in [-0.39, 0.29) is 11.4 Å². The lowest BCUT2D eigenvalue weighted by atomic mass is 10.3. The number of hydrogen-bond acceptors (Lipinski definition) is 6. The number of fused-ring (bicyclic) bond motifs is 1. The second kappa shape index (κ2) is 5.98. The molecule has 2 aromatic rings. The maximum atomic E-state index is 12.3. The second-order valence-corrected chi connectivity index (χ2v) is 6.58. The van der Waals surface area contributed by atoms with E-state index in [1.807, 2.05) is 0 Å². The molecule has 1 aromatic heterocycles. The Labute approximate surface area is 128 Å². The van der Waals surface area contributed by atoms with E-state index in [0.29, 0.717) is 42.7 Å². The molecule has 0 saturated heterocycles. The monoisotopic (exact) mass is 324 g/mol. The van der Waals surface area contributed by atoms with Crippen molar-refractivity contribution < 1.29 is 22.3 Å². The predicted molar refractivity (Wildman–Crippen MR) is 77.6 cm³/mol. The largest absolute Gasteiger partial charge is 0.486 e. The third-order valence-electron chi connectivity index (χ3n) is 3.16. The van der Waals surface area contributed by atoms with Gasteiger partial charge < -0.3 is 13.9 Å². The molecule has 0 fully saturated rings. The van der Waals surface area contributed by atoms with Gasteiger partial charge in [-0.15, -0.1) is 0 Å². The molecule has 0 amide bonds. The van der Waals surface area contributed by atoms with Gasteiger partial charge in [-0.25, -0.2) is 18.1 Å². The van der Waals surface area contributed by atoms with Crippen molar-refractivity contribution in [3.63, 3.8) is 0 Å². The third kappa shape index (κ3) is 3.23.